The summed E-state index contributed by atoms with van der Waals surface area (Å²) < 4.78 is 0. The Morgan fingerprint density at radius 2 is 1.76 bits per heavy atom. The number of aryl methyl sites for hydroxylation is 2. The summed E-state index contributed by atoms with van der Waals surface area (Å²) in [5.74, 6) is 1.30. The number of hydrogen-bond acceptors (Lipinski definition) is 11. The number of carbonyl (C=O) groups excluding carboxylic acids is 3. The summed E-state index contributed by atoms with van der Waals surface area (Å²) in [6.07, 6.45) is 4.64. The molecule has 5 heterocycles. The number of aromatic nitrogens is 3. The van der Waals surface area contributed by atoms with Gasteiger partial charge in [-0.3, -0.25) is 29.5 Å². The molecule has 3 fully saturated rings. The molecule has 2 aromatic heterocycles. The van der Waals surface area contributed by atoms with E-state index < -0.39 is 0 Å². The number of thiazole rings is 1. The van der Waals surface area contributed by atoms with Crippen LogP contribution in [0.15, 0.2) is 54.7 Å². The molecule has 12 nitrogen and oxygen atoms in total. The van der Waals surface area contributed by atoms with Crippen molar-refractivity contribution in [2.75, 3.05) is 54.8 Å². The van der Waals surface area contributed by atoms with Crippen LogP contribution in [-0.4, -0.2) is 87.8 Å². The molecule has 14 heteroatoms. The predicted molar refractivity (Wildman–Crippen MR) is 200 cm³/mol. The van der Waals surface area contributed by atoms with Crippen LogP contribution >= 0.6 is 22.9 Å². The van der Waals surface area contributed by atoms with Crippen LogP contribution in [0.3, 0.4) is 0 Å². The molecule has 3 aliphatic heterocycles. The average Bonchev–Trinajstić information content (AvgIpc) is 3.59. The number of hydrogen-bond donors (Lipinski definition) is 3. The van der Waals surface area contributed by atoms with Crippen LogP contribution in [0.1, 0.15) is 63.8 Å². The lowest BCUT2D eigenvalue weighted by Crippen LogP contribution is -2.53. The molecule has 7 rings (SSSR count). The van der Waals surface area contributed by atoms with E-state index in [1.807, 2.05) is 44.2 Å². The second kappa shape index (κ2) is 15.4. The number of piperazine rings is 1. The molecule has 0 radical (unpaired) electrons. The monoisotopic (exact) mass is 727 g/mol. The molecular formula is C37H42ClN9O3S. The van der Waals surface area contributed by atoms with Crippen molar-refractivity contribution in [1.82, 2.24) is 30.1 Å². The van der Waals surface area contributed by atoms with Crippen LogP contribution in [0.2, 0.25) is 5.02 Å². The summed E-state index contributed by atoms with van der Waals surface area (Å²) in [5, 5.41) is 9.71. The third-order valence-electron chi connectivity index (χ3n) is 9.96. The smallest absolute Gasteiger partial charge is 0.267 e. The van der Waals surface area contributed by atoms with Gasteiger partial charge in [-0.2, -0.15) is 0 Å². The van der Waals surface area contributed by atoms with Crippen LogP contribution in [0, 0.1) is 13.8 Å². The van der Waals surface area contributed by atoms with Gasteiger partial charge >= 0.3 is 0 Å². The van der Waals surface area contributed by atoms with E-state index in [1.54, 1.807) is 12.3 Å². The molecule has 2 aromatic carbocycles. The molecule has 4 aromatic rings. The lowest BCUT2D eigenvalue weighted by molar-refractivity contribution is -0.134. The van der Waals surface area contributed by atoms with Crippen LogP contribution in [-0.2, 0) is 16.1 Å². The fraction of sp³-hybridized carbons (Fsp3) is 0.405. The van der Waals surface area contributed by atoms with Gasteiger partial charge in [0.25, 0.3) is 5.91 Å². The van der Waals surface area contributed by atoms with Gasteiger partial charge < -0.3 is 15.5 Å². The maximum Gasteiger partial charge on any atom is 0.267 e. The molecule has 266 valence electrons. The summed E-state index contributed by atoms with van der Waals surface area (Å²) in [7, 11) is 0. The topological polar surface area (TPSA) is 136 Å². The minimum Gasteiger partial charge on any atom is -0.356 e. The summed E-state index contributed by atoms with van der Waals surface area (Å²) in [4.78, 5) is 58.6. The van der Waals surface area contributed by atoms with Crippen molar-refractivity contribution in [2.24, 2.45) is 0 Å². The van der Waals surface area contributed by atoms with Crippen LogP contribution in [0.25, 0.3) is 0 Å². The highest BCUT2D eigenvalue weighted by Crippen LogP contribution is 2.30. The number of nitrogens with zero attached hydrogens (tertiary/aromatic N) is 6. The zero-order valence-electron chi connectivity index (χ0n) is 28.8. The number of imide groups is 1. The van der Waals surface area contributed by atoms with E-state index in [0.717, 1.165) is 75.6 Å². The van der Waals surface area contributed by atoms with Crippen molar-refractivity contribution in [2.45, 2.75) is 58.0 Å². The third-order valence-corrected chi connectivity index (χ3v) is 11.2. The van der Waals surface area contributed by atoms with E-state index in [1.165, 1.54) is 16.9 Å². The van der Waals surface area contributed by atoms with E-state index >= 15 is 0 Å². The number of para-hydroxylation sites is 1. The lowest BCUT2D eigenvalue weighted by atomic mass is 9.89. The highest BCUT2D eigenvalue weighted by Gasteiger charge is 2.30. The minimum absolute atomic E-state index is 0.182. The largest absolute Gasteiger partial charge is 0.356 e. The Morgan fingerprint density at radius 3 is 2.53 bits per heavy atom. The molecular weight excluding hydrogens is 686 g/mol. The van der Waals surface area contributed by atoms with E-state index in [4.69, 9.17) is 16.6 Å². The van der Waals surface area contributed by atoms with Gasteiger partial charge in [-0.15, -0.1) is 0 Å². The summed E-state index contributed by atoms with van der Waals surface area (Å²) in [5.41, 5.74) is 3.68. The predicted octanol–water partition coefficient (Wildman–Crippen LogP) is 5.51. The number of nitrogens with one attached hydrogen (secondary N) is 3. The van der Waals surface area contributed by atoms with Crippen LogP contribution in [0.5, 0.6) is 0 Å². The van der Waals surface area contributed by atoms with Gasteiger partial charge in [-0.1, -0.05) is 59.3 Å². The van der Waals surface area contributed by atoms with Gasteiger partial charge in [0.15, 0.2) is 5.13 Å². The van der Waals surface area contributed by atoms with Crippen LogP contribution < -0.4 is 20.9 Å². The normalized spacial score (nSPS) is 19.2. The number of anilines is 4. The van der Waals surface area contributed by atoms with Crippen molar-refractivity contribution in [3.05, 3.63) is 87.1 Å². The number of piperidine rings is 2. The summed E-state index contributed by atoms with van der Waals surface area (Å²) in [6.45, 7) is 10.5. The third kappa shape index (κ3) is 8.39. The van der Waals surface area contributed by atoms with E-state index in [0.29, 0.717) is 51.2 Å². The molecule has 1 atom stereocenters. The van der Waals surface area contributed by atoms with Gasteiger partial charge in [-0.05, 0) is 55.9 Å². The Balaban J connectivity index is 0.892. The molecule has 0 saturated carbocycles. The first kappa shape index (κ1) is 35.0. The maximum atomic E-state index is 12.9. The second-order valence-electron chi connectivity index (χ2n) is 13.5. The first-order valence-electron chi connectivity index (χ1n) is 17.5. The number of rotatable bonds is 9. The number of halogens is 1. The number of benzene rings is 2. The standard InChI is InChI=1S/C37H42ClN9O3S/c1-23-5-3-8-29(38)34(23)44-36(50)30-21-39-37(51-30)42-31-20-32(41-24(2)40-31)47-13-11-27(12-14-47)46-17-15-45(16-18-46)22-25-6-4-7-26(19-25)28-9-10-33(48)43-35(28)49/h3-8,19-21,27-28H,9-18,22H2,1-2H3,(H,44,50)(H,43,48,49)(H,39,40,41,42). The Morgan fingerprint density at radius 1 is 0.980 bits per heavy atom. The fourth-order valence-electron chi connectivity index (χ4n) is 7.21. The van der Waals surface area contributed by atoms with E-state index in [2.05, 4.69) is 52.8 Å². The Kier molecular flexibility index (Phi) is 10.6. The molecule has 0 spiro atoms. The first-order chi connectivity index (χ1) is 24.7. The Hall–Kier alpha value is -4.43. The minimum atomic E-state index is -0.266. The Bertz CT molecular complexity index is 1900. The number of amides is 3. The summed E-state index contributed by atoms with van der Waals surface area (Å²) in [6, 6.07) is 16.3. The number of carbonyl (C=O) groups is 3. The molecule has 0 bridgehead atoms. The molecule has 3 aliphatic rings. The van der Waals surface area contributed by atoms with Crippen LogP contribution in [0.4, 0.5) is 22.5 Å². The molecule has 3 N–H and O–H groups in total. The first-order valence-corrected chi connectivity index (χ1v) is 18.7. The highest BCUT2D eigenvalue weighted by molar-refractivity contribution is 7.17. The van der Waals surface area contributed by atoms with Crippen molar-refractivity contribution in [1.29, 1.82) is 0 Å². The average molecular weight is 728 g/mol. The van der Waals surface area contributed by atoms with Crippen molar-refractivity contribution >= 4 is 63.1 Å². The molecule has 0 aliphatic carbocycles. The molecule has 3 saturated heterocycles. The highest BCUT2D eigenvalue weighted by atomic mass is 35.5. The lowest BCUT2D eigenvalue weighted by Gasteiger charge is -2.43. The summed E-state index contributed by atoms with van der Waals surface area (Å²) >= 11 is 7.55. The van der Waals surface area contributed by atoms with Gasteiger partial charge in [0.1, 0.15) is 22.3 Å². The van der Waals surface area contributed by atoms with Gasteiger partial charge in [0.2, 0.25) is 11.8 Å². The molecule has 1 unspecified atom stereocenters. The van der Waals surface area contributed by atoms with Crippen molar-refractivity contribution < 1.29 is 14.4 Å². The maximum absolute atomic E-state index is 12.9. The molecule has 3 amide bonds. The zero-order valence-corrected chi connectivity index (χ0v) is 30.4. The van der Waals surface area contributed by atoms with Gasteiger partial charge in [-0.25, -0.2) is 15.0 Å². The quantitative estimate of drug-likeness (QED) is 0.190. The fourth-order valence-corrected chi connectivity index (χ4v) is 8.20. The van der Waals surface area contributed by atoms with Crippen molar-refractivity contribution in [3.8, 4) is 0 Å². The van der Waals surface area contributed by atoms with Gasteiger partial charge in [0, 0.05) is 64.3 Å². The Labute approximate surface area is 306 Å². The van der Waals surface area contributed by atoms with E-state index in [-0.39, 0.29) is 23.6 Å². The SMILES string of the molecule is Cc1nc(Nc2ncc(C(=O)Nc3c(C)cccc3Cl)s2)cc(N2CCC(N3CCN(Cc4cccc(C5CCC(=O)NC5=O)c4)CC3)CC2)n1. The van der Waals surface area contributed by atoms with Gasteiger partial charge in [0.05, 0.1) is 22.8 Å². The zero-order chi connectivity index (χ0) is 35.5. The van der Waals surface area contributed by atoms with Crippen molar-refractivity contribution in [3.63, 3.8) is 0 Å². The second-order valence-corrected chi connectivity index (χ2v) is 14.9. The van der Waals surface area contributed by atoms with E-state index in [9.17, 15) is 14.4 Å². The molecule has 51 heavy (non-hydrogen) atoms.